The highest BCUT2D eigenvalue weighted by atomic mass is 16.5. The molecule has 6 nitrogen and oxygen atoms in total. The number of hydrogen-bond donors (Lipinski definition) is 1. The SMILES string of the molecule is Cc1cccc2c(=O)[nH]c(COC(=O)C3c4ccccc4Oc4ccccc43)nc12. The standard InChI is InChI=1S/C24H18N2O4/c1-14-7-6-10-17-22(14)25-20(26-23(17)27)13-29-24(28)21-15-8-2-4-11-18(15)30-19-12-5-3-9-16(19)21/h2-12,21H,13H2,1H3,(H,25,26,27). The Morgan fingerprint density at radius 3 is 2.37 bits per heavy atom. The van der Waals surface area contributed by atoms with Gasteiger partial charge in [0, 0.05) is 11.1 Å². The van der Waals surface area contributed by atoms with Gasteiger partial charge in [-0.3, -0.25) is 9.59 Å². The van der Waals surface area contributed by atoms with E-state index in [1.165, 1.54) is 0 Å². The van der Waals surface area contributed by atoms with Gasteiger partial charge in [-0.2, -0.15) is 0 Å². The number of aryl methyl sites for hydroxylation is 1. The number of carbonyl (C=O) groups excluding carboxylic acids is 1. The second kappa shape index (κ2) is 7.15. The molecule has 0 amide bonds. The fraction of sp³-hybridized carbons (Fsp3) is 0.125. The van der Waals surface area contributed by atoms with Crippen molar-refractivity contribution in [2.75, 3.05) is 0 Å². The summed E-state index contributed by atoms with van der Waals surface area (Å²) < 4.78 is 11.5. The van der Waals surface area contributed by atoms with Gasteiger partial charge < -0.3 is 14.5 Å². The highest BCUT2D eigenvalue weighted by molar-refractivity contribution is 5.85. The molecule has 0 atom stereocenters. The van der Waals surface area contributed by atoms with Gasteiger partial charge in [-0.05, 0) is 30.7 Å². The Morgan fingerprint density at radius 2 is 1.67 bits per heavy atom. The third kappa shape index (κ3) is 3.03. The summed E-state index contributed by atoms with van der Waals surface area (Å²) in [6.07, 6.45) is 0. The van der Waals surface area contributed by atoms with Gasteiger partial charge in [0.25, 0.3) is 5.56 Å². The van der Waals surface area contributed by atoms with Crippen molar-refractivity contribution in [3.8, 4) is 11.5 Å². The first-order valence-electron chi connectivity index (χ1n) is 9.62. The van der Waals surface area contributed by atoms with Crippen molar-refractivity contribution in [2.45, 2.75) is 19.4 Å². The molecule has 6 heteroatoms. The first-order chi connectivity index (χ1) is 14.6. The quantitative estimate of drug-likeness (QED) is 0.523. The number of ether oxygens (including phenoxy) is 2. The number of fused-ring (bicyclic) bond motifs is 3. The molecule has 30 heavy (non-hydrogen) atoms. The van der Waals surface area contributed by atoms with Crippen molar-refractivity contribution in [3.63, 3.8) is 0 Å². The fourth-order valence-corrected chi connectivity index (χ4v) is 3.81. The van der Waals surface area contributed by atoms with Gasteiger partial charge in [-0.1, -0.05) is 48.5 Å². The topological polar surface area (TPSA) is 81.3 Å². The molecule has 0 bridgehead atoms. The summed E-state index contributed by atoms with van der Waals surface area (Å²) in [6, 6.07) is 20.3. The molecule has 1 aliphatic rings. The summed E-state index contributed by atoms with van der Waals surface area (Å²) in [7, 11) is 0. The monoisotopic (exact) mass is 398 g/mol. The van der Waals surface area contributed by atoms with Gasteiger partial charge in [0.1, 0.15) is 29.8 Å². The summed E-state index contributed by atoms with van der Waals surface area (Å²) in [6.45, 7) is 1.76. The minimum atomic E-state index is -0.611. The van der Waals surface area contributed by atoms with Crippen LogP contribution in [0.15, 0.2) is 71.5 Å². The van der Waals surface area contributed by atoms with Crippen LogP contribution in [0.2, 0.25) is 0 Å². The molecule has 0 spiro atoms. The molecule has 0 saturated heterocycles. The van der Waals surface area contributed by atoms with E-state index in [0.717, 1.165) is 16.7 Å². The van der Waals surface area contributed by atoms with Gasteiger partial charge in [0.05, 0.1) is 10.9 Å². The van der Waals surface area contributed by atoms with Gasteiger partial charge in [-0.15, -0.1) is 0 Å². The maximum absolute atomic E-state index is 13.1. The average molecular weight is 398 g/mol. The molecule has 1 aromatic heterocycles. The fourth-order valence-electron chi connectivity index (χ4n) is 3.81. The molecular weight excluding hydrogens is 380 g/mol. The number of aromatic nitrogens is 2. The molecule has 2 heterocycles. The minimum absolute atomic E-state index is 0.125. The van der Waals surface area contributed by atoms with Crippen molar-refractivity contribution in [3.05, 3.63) is 99.6 Å². The van der Waals surface area contributed by atoms with E-state index in [2.05, 4.69) is 9.97 Å². The lowest BCUT2D eigenvalue weighted by Crippen LogP contribution is -2.22. The molecule has 148 valence electrons. The molecule has 0 radical (unpaired) electrons. The molecule has 0 aliphatic carbocycles. The Morgan fingerprint density at radius 1 is 1.00 bits per heavy atom. The lowest BCUT2D eigenvalue weighted by atomic mass is 9.88. The molecule has 3 aromatic carbocycles. The Kier molecular flexibility index (Phi) is 4.32. The number of carbonyl (C=O) groups is 1. The van der Waals surface area contributed by atoms with E-state index in [4.69, 9.17) is 9.47 Å². The van der Waals surface area contributed by atoms with Crippen molar-refractivity contribution < 1.29 is 14.3 Å². The van der Waals surface area contributed by atoms with Gasteiger partial charge in [0.2, 0.25) is 0 Å². The van der Waals surface area contributed by atoms with Crippen LogP contribution in [0.3, 0.4) is 0 Å². The zero-order chi connectivity index (χ0) is 20.7. The van der Waals surface area contributed by atoms with E-state index in [-0.39, 0.29) is 12.2 Å². The van der Waals surface area contributed by atoms with Gasteiger partial charge >= 0.3 is 5.97 Å². The number of rotatable bonds is 3. The van der Waals surface area contributed by atoms with Crippen LogP contribution in [0.5, 0.6) is 11.5 Å². The van der Waals surface area contributed by atoms with Crippen LogP contribution in [0.1, 0.15) is 28.4 Å². The third-order valence-corrected chi connectivity index (χ3v) is 5.25. The van der Waals surface area contributed by atoms with E-state index in [1.807, 2.05) is 67.6 Å². The van der Waals surface area contributed by atoms with E-state index >= 15 is 0 Å². The third-order valence-electron chi connectivity index (χ3n) is 5.25. The van der Waals surface area contributed by atoms with E-state index in [0.29, 0.717) is 28.2 Å². The lowest BCUT2D eigenvalue weighted by molar-refractivity contribution is -0.146. The number of hydrogen-bond acceptors (Lipinski definition) is 5. The summed E-state index contributed by atoms with van der Waals surface area (Å²) >= 11 is 0. The summed E-state index contributed by atoms with van der Waals surface area (Å²) in [5.41, 5.74) is 2.73. The number of nitrogens with one attached hydrogen (secondary N) is 1. The smallest absolute Gasteiger partial charge is 0.318 e. The van der Waals surface area contributed by atoms with Crippen molar-refractivity contribution >= 4 is 16.9 Å². The summed E-state index contributed by atoms with van der Waals surface area (Å²) in [4.78, 5) is 32.7. The van der Waals surface area contributed by atoms with Crippen LogP contribution in [0.25, 0.3) is 10.9 Å². The maximum atomic E-state index is 13.1. The number of benzene rings is 3. The second-order valence-electron chi connectivity index (χ2n) is 7.20. The first-order valence-corrected chi connectivity index (χ1v) is 9.62. The molecule has 1 N–H and O–H groups in total. The van der Waals surface area contributed by atoms with E-state index < -0.39 is 11.9 Å². The van der Waals surface area contributed by atoms with Gasteiger partial charge in [-0.25, -0.2) is 4.98 Å². The summed E-state index contributed by atoms with van der Waals surface area (Å²) in [5.74, 6) is 0.534. The number of nitrogens with zero attached hydrogens (tertiary/aromatic N) is 1. The molecule has 5 rings (SSSR count). The van der Waals surface area contributed by atoms with Crippen LogP contribution in [0, 0.1) is 6.92 Å². The van der Waals surface area contributed by atoms with Crippen LogP contribution < -0.4 is 10.3 Å². The maximum Gasteiger partial charge on any atom is 0.318 e. The molecule has 1 aliphatic heterocycles. The lowest BCUT2D eigenvalue weighted by Gasteiger charge is -2.26. The first kappa shape index (κ1) is 18.1. The number of H-pyrrole nitrogens is 1. The highest BCUT2D eigenvalue weighted by Gasteiger charge is 2.33. The van der Waals surface area contributed by atoms with Crippen LogP contribution in [0.4, 0.5) is 0 Å². The van der Waals surface area contributed by atoms with Crippen LogP contribution in [-0.4, -0.2) is 15.9 Å². The predicted octanol–water partition coefficient (Wildman–Crippen LogP) is 4.21. The normalized spacial score (nSPS) is 12.7. The van der Waals surface area contributed by atoms with Gasteiger partial charge in [0.15, 0.2) is 0 Å². The average Bonchev–Trinajstić information content (AvgIpc) is 2.76. The largest absolute Gasteiger partial charge is 0.457 e. The highest BCUT2D eigenvalue weighted by Crippen LogP contribution is 2.44. The molecule has 0 unspecified atom stereocenters. The Hall–Kier alpha value is -3.93. The number of aromatic amines is 1. The zero-order valence-electron chi connectivity index (χ0n) is 16.2. The van der Waals surface area contributed by atoms with Crippen molar-refractivity contribution in [1.82, 2.24) is 9.97 Å². The number of para-hydroxylation sites is 3. The molecule has 4 aromatic rings. The van der Waals surface area contributed by atoms with Crippen LogP contribution in [-0.2, 0) is 16.1 Å². The Bertz CT molecular complexity index is 1300. The molecule has 0 fully saturated rings. The second-order valence-corrected chi connectivity index (χ2v) is 7.20. The summed E-state index contributed by atoms with van der Waals surface area (Å²) in [5, 5.41) is 0.511. The Labute approximate surface area is 172 Å². The molecular formula is C24H18N2O4. The van der Waals surface area contributed by atoms with E-state index in [1.54, 1.807) is 6.07 Å². The van der Waals surface area contributed by atoms with Crippen molar-refractivity contribution in [2.24, 2.45) is 0 Å². The van der Waals surface area contributed by atoms with E-state index in [9.17, 15) is 9.59 Å². The zero-order valence-corrected chi connectivity index (χ0v) is 16.2. The minimum Gasteiger partial charge on any atom is -0.457 e. The molecule has 0 saturated carbocycles. The van der Waals surface area contributed by atoms with Crippen LogP contribution >= 0.6 is 0 Å². The predicted molar refractivity (Wildman–Crippen MR) is 112 cm³/mol. The van der Waals surface area contributed by atoms with Crippen molar-refractivity contribution in [1.29, 1.82) is 0 Å². The Balaban J connectivity index is 1.46. The number of esters is 1.